The second-order valence-corrected chi connectivity index (χ2v) is 8.16. The number of amides is 1. The number of hydrogen-bond donors (Lipinski definition) is 2. The standard InChI is InChI=1S/C20H26BF2NO5/c1-11(2)17(19(26)29-14-6-8-20(22,23)9-7-14)24-18(25)15-5-4-13-10-28-21(27)16(13)12(15)3/h4-5,11,14,17,27H,6-10H2,1-3H3,(H,24,25). The lowest BCUT2D eigenvalue weighted by atomic mass is 9.75. The van der Waals surface area contributed by atoms with E-state index in [4.69, 9.17) is 9.39 Å². The summed E-state index contributed by atoms with van der Waals surface area (Å²) in [6.07, 6.45) is -0.946. The summed E-state index contributed by atoms with van der Waals surface area (Å²) in [5, 5.41) is 12.7. The summed E-state index contributed by atoms with van der Waals surface area (Å²) in [7, 11) is -1.08. The molecule has 0 bridgehead atoms. The topological polar surface area (TPSA) is 84.9 Å². The van der Waals surface area contributed by atoms with Crippen molar-refractivity contribution in [2.45, 2.75) is 71.1 Å². The highest BCUT2D eigenvalue weighted by atomic mass is 19.3. The molecule has 158 valence electrons. The molecule has 1 amide bonds. The Kier molecular flexibility index (Phi) is 6.29. The first kappa shape index (κ1) is 21.7. The molecule has 1 unspecified atom stereocenters. The summed E-state index contributed by atoms with van der Waals surface area (Å²) in [6, 6.07) is 2.45. The van der Waals surface area contributed by atoms with E-state index in [0.29, 0.717) is 16.6 Å². The van der Waals surface area contributed by atoms with E-state index in [1.807, 2.05) is 0 Å². The fraction of sp³-hybridized carbons (Fsp3) is 0.600. The Balaban J connectivity index is 1.68. The molecule has 1 saturated carbocycles. The van der Waals surface area contributed by atoms with E-state index in [1.54, 1.807) is 32.9 Å². The number of alkyl halides is 2. The Morgan fingerprint density at radius 3 is 2.59 bits per heavy atom. The Morgan fingerprint density at radius 2 is 1.97 bits per heavy atom. The molecule has 9 heteroatoms. The third-order valence-corrected chi connectivity index (χ3v) is 5.65. The van der Waals surface area contributed by atoms with Gasteiger partial charge in [0.25, 0.3) is 5.91 Å². The van der Waals surface area contributed by atoms with Gasteiger partial charge in [0, 0.05) is 18.4 Å². The predicted octanol–water partition coefficient (Wildman–Crippen LogP) is 2.09. The van der Waals surface area contributed by atoms with E-state index in [9.17, 15) is 23.4 Å². The minimum absolute atomic E-state index is 0.110. The summed E-state index contributed by atoms with van der Waals surface area (Å²) >= 11 is 0. The number of carbonyl (C=O) groups is 2. The fourth-order valence-electron chi connectivity index (χ4n) is 3.84. The maximum Gasteiger partial charge on any atom is 0.492 e. The fourth-order valence-corrected chi connectivity index (χ4v) is 3.84. The summed E-state index contributed by atoms with van der Waals surface area (Å²) in [5.41, 5.74) is 2.32. The molecule has 1 aliphatic heterocycles. The summed E-state index contributed by atoms with van der Waals surface area (Å²) < 4.78 is 37.2. The molecule has 1 aromatic carbocycles. The largest absolute Gasteiger partial charge is 0.492 e. The number of nitrogens with one attached hydrogen (secondary N) is 1. The van der Waals surface area contributed by atoms with Crippen LogP contribution in [-0.4, -0.2) is 42.1 Å². The van der Waals surface area contributed by atoms with Crippen LogP contribution in [0.25, 0.3) is 0 Å². The van der Waals surface area contributed by atoms with Gasteiger partial charge in [0.05, 0.1) is 6.61 Å². The Bertz CT molecular complexity index is 791. The highest BCUT2D eigenvalue weighted by Crippen LogP contribution is 2.34. The number of esters is 1. The average molecular weight is 409 g/mol. The van der Waals surface area contributed by atoms with E-state index in [0.717, 1.165) is 5.56 Å². The molecule has 3 rings (SSSR count). The van der Waals surface area contributed by atoms with Crippen LogP contribution in [0.15, 0.2) is 12.1 Å². The summed E-state index contributed by atoms with van der Waals surface area (Å²) in [4.78, 5) is 25.4. The van der Waals surface area contributed by atoms with E-state index in [1.165, 1.54) is 0 Å². The Hall–Kier alpha value is -2.00. The third-order valence-electron chi connectivity index (χ3n) is 5.65. The maximum atomic E-state index is 13.3. The molecular formula is C20H26BF2NO5. The van der Waals surface area contributed by atoms with Crippen molar-refractivity contribution in [3.05, 3.63) is 28.8 Å². The van der Waals surface area contributed by atoms with Gasteiger partial charge in [-0.2, -0.15) is 0 Å². The second kappa shape index (κ2) is 8.40. The number of benzene rings is 1. The molecule has 0 spiro atoms. The molecule has 1 heterocycles. The first-order chi connectivity index (χ1) is 13.6. The van der Waals surface area contributed by atoms with Gasteiger partial charge in [-0.25, -0.2) is 13.6 Å². The monoisotopic (exact) mass is 409 g/mol. The molecule has 0 radical (unpaired) electrons. The van der Waals surface area contributed by atoms with Gasteiger partial charge >= 0.3 is 13.1 Å². The molecule has 0 aromatic heterocycles. The molecule has 2 N–H and O–H groups in total. The van der Waals surface area contributed by atoms with Gasteiger partial charge in [-0.3, -0.25) is 4.79 Å². The van der Waals surface area contributed by atoms with Crippen molar-refractivity contribution in [1.29, 1.82) is 0 Å². The number of halogens is 2. The van der Waals surface area contributed by atoms with Crippen molar-refractivity contribution in [2.24, 2.45) is 5.92 Å². The highest BCUT2D eigenvalue weighted by Gasteiger charge is 2.38. The predicted molar refractivity (Wildman–Crippen MR) is 103 cm³/mol. The van der Waals surface area contributed by atoms with Crippen molar-refractivity contribution in [1.82, 2.24) is 5.32 Å². The van der Waals surface area contributed by atoms with Crippen LogP contribution in [0.5, 0.6) is 0 Å². The molecule has 1 fully saturated rings. The van der Waals surface area contributed by atoms with Crippen molar-refractivity contribution < 1.29 is 32.8 Å². The van der Waals surface area contributed by atoms with Crippen LogP contribution in [0.4, 0.5) is 8.78 Å². The average Bonchev–Trinajstić information content (AvgIpc) is 3.03. The van der Waals surface area contributed by atoms with Crippen LogP contribution >= 0.6 is 0 Å². The molecular weight excluding hydrogens is 383 g/mol. The van der Waals surface area contributed by atoms with E-state index >= 15 is 0 Å². The minimum atomic E-state index is -2.70. The molecule has 0 saturated heterocycles. The van der Waals surface area contributed by atoms with E-state index in [2.05, 4.69) is 5.32 Å². The quantitative estimate of drug-likeness (QED) is 0.575. The van der Waals surface area contributed by atoms with Gasteiger partial charge in [0.15, 0.2) is 0 Å². The van der Waals surface area contributed by atoms with Gasteiger partial charge in [-0.1, -0.05) is 19.9 Å². The van der Waals surface area contributed by atoms with Crippen LogP contribution in [-0.2, 0) is 20.8 Å². The molecule has 1 aliphatic carbocycles. The SMILES string of the molecule is Cc1c(C(=O)NC(C(=O)OC2CCC(F)(F)CC2)C(C)C)ccc2c1B(O)OC2. The van der Waals surface area contributed by atoms with Crippen molar-refractivity contribution in [2.75, 3.05) is 0 Å². The van der Waals surface area contributed by atoms with Crippen molar-refractivity contribution >= 4 is 24.5 Å². The van der Waals surface area contributed by atoms with Gasteiger partial charge < -0.3 is 19.7 Å². The number of hydrogen-bond acceptors (Lipinski definition) is 5. The maximum absolute atomic E-state index is 13.3. The highest BCUT2D eigenvalue weighted by molar-refractivity contribution is 6.62. The van der Waals surface area contributed by atoms with Crippen LogP contribution < -0.4 is 10.8 Å². The zero-order chi connectivity index (χ0) is 21.3. The zero-order valence-corrected chi connectivity index (χ0v) is 16.8. The van der Waals surface area contributed by atoms with Crippen LogP contribution in [0.2, 0.25) is 0 Å². The smallest absolute Gasteiger partial charge is 0.461 e. The summed E-state index contributed by atoms with van der Waals surface area (Å²) in [6.45, 7) is 5.54. The number of ether oxygens (including phenoxy) is 1. The Labute approximate surface area is 169 Å². The normalized spacial score (nSPS) is 19.8. The number of rotatable bonds is 5. The second-order valence-electron chi connectivity index (χ2n) is 8.16. The zero-order valence-electron chi connectivity index (χ0n) is 16.8. The first-order valence-corrected chi connectivity index (χ1v) is 9.90. The molecule has 6 nitrogen and oxygen atoms in total. The number of carbonyl (C=O) groups excluding carboxylic acids is 2. The van der Waals surface area contributed by atoms with Crippen LogP contribution in [0, 0.1) is 12.8 Å². The van der Waals surface area contributed by atoms with Crippen LogP contribution in [0.3, 0.4) is 0 Å². The van der Waals surface area contributed by atoms with Crippen LogP contribution in [0.1, 0.15) is 61.0 Å². The van der Waals surface area contributed by atoms with Crippen molar-refractivity contribution in [3.63, 3.8) is 0 Å². The Morgan fingerprint density at radius 1 is 1.31 bits per heavy atom. The van der Waals surface area contributed by atoms with Gasteiger partial charge in [-0.05, 0) is 48.3 Å². The molecule has 1 aromatic rings. The lowest BCUT2D eigenvalue weighted by Gasteiger charge is -2.30. The van der Waals surface area contributed by atoms with Gasteiger partial charge in [-0.15, -0.1) is 0 Å². The molecule has 2 aliphatic rings. The van der Waals surface area contributed by atoms with Gasteiger partial charge in [0.1, 0.15) is 12.1 Å². The van der Waals surface area contributed by atoms with E-state index in [-0.39, 0.29) is 38.2 Å². The summed E-state index contributed by atoms with van der Waals surface area (Å²) in [5.74, 6) is -4.03. The molecule has 1 atom stereocenters. The lowest BCUT2D eigenvalue weighted by molar-refractivity contribution is -0.158. The number of fused-ring (bicyclic) bond motifs is 1. The van der Waals surface area contributed by atoms with Gasteiger partial charge in [0.2, 0.25) is 5.92 Å². The first-order valence-electron chi connectivity index (χ1n) is 9.90. The molecule has 29 heavy (non-hydrogen) atoms. The third kappa shape index (κ3) is 4.78. The lowest BCUT2D eigenvalue weighted by Crippen LogP contribution is -2.47. The van der Waals surface area contributed by atoms with Crippen molar-refractivity contribution in [3.8, 4) is 0 Å². The van der Waals surface area contributed by atoms with E-state index < -0.39 is 37.1 Å². The minimum Gasteiger partial charge on any atom is -0.461 e.